The van der Waals surface area contributed by atoms with Crippen LogP contribution in [0.1, 0.15) is 26.3 Å². The van der Waals surface area contributed by atoms with Crippen LogP contribution in [0.4, 0.5) is 35.9 Å². The molecule has 6 N–H and O–H groups in total. The average molecular weight is 523 g/mol. The topological polar surface area (TPSA) is 110 Å². The highest BCUT2D eigenvalue weighted by atomic mass is 32.2. The van der Waals surface area contributed by atoms with E-state index in [4.69, 9.17) is 11.5 Å². The van der Waals surface area contributed by atoms with Crippen LogP contribution in [0.25, 0.3) is 0 Å². The number of anilines is 4. The number of carbonyl (C=O) groups is 2. The zero-order valence-corrected chi connectivity index (χ0v) is 20.0. The molecule has 188 valence electrons. The molecule has 4 aromatic rings. The molecule has 0 aliphatic carbocycles. The highest BCUT2D eigenvalue weighted by Crippen LogP contribution is 2.41. The number of carbonyl (C=O) groups excluding carboxylic acids is 2. The molecule has 0 aliphatic heterocycles. The zero-order chi connectivity index (χ0) is 26.6. The second-order valence-corrected chi connectivity index (χ2v) is 9.10. The van der Waals surface area contributed by atoms with Gasteiger partial charge in [0.1, 0.15) is 0 Å². The normalized spacial score (nSPS) is 11.1. The largest absolute Gasteiger partial charge is 0.417 e. The van der Waals surface area contributed by atoms with Gasteiger partial charge in [-0.1, -0.05) is 11.8 Å². The van der Waals surface area contributed by atoms with Crippen LogP contribution in [0.15, 0.2) is 101 Å². The number of rotatable bonds is 6. The van der Waals surface area contributed by atoms with Crippen molar-refractivity contribution in [3.63, 3.8) is 0 Å². The van der Waals surface area contributed by atoms with Crippen LogP contribution in [0.2, 0.25) is 0 Å². The number of amides is 2. The number of hydrogen-bond donors (Lipinski definition) is 4. The van der Waals surface area contributed by atoms with E-state index >= 15 is 0 Å². The molecule has 37 heavy (non-hydrogen) atoms. The summed E-state index contributed by atoms with van der Waals surface area (Å²) >= 11 is 0.919. The van der Waals surface area contributed by atoms with Crippen LogP contribution in [-0.4, -0.2) is 11.8 Å². The van der Waals surface area contributed by atoms with E-state index in [1.54, 1.807) is 48.5 Å². The van der Waals surface area contributed by atoms with E-state index in [1.165, 1.54) is 36.4 Å². The minimum absolute atomic E-state index is 0.0132. The van der Waals surface area contributed by atoms with Gasteiger partial charge in [0.05, 0.1) is 5.56 Å². The highest BCUT2D eigenvalue weighted by Gasteiger charge is 2.34. The quantitative estimate of drug-likeness (QED) is 0.215. The number of nitrogens with two attached hydrogens (primary N) is 2. The monoisotopic (exact) mass is 522 g/mol. The molecule has 2 amide bonds. The summed E-state index contributed by atoms with van der Waals surface area (Å²) in [6.07, 6.45) is -4.64. The van der Waals surface area contributed by atoms with Crippen LogP contribution in [-0.2, 0) is 6.18 Å². The van der Waals surface area contributed by atoms with Gasteiger partial charge in [-0.05, 0) is 91.0 Å². The molecule has 0 heterocycles. The fourth-order valence-electron chi connectivity index (χ4n) is 3.33. The molecule has 6 nitrogen and oxygen atoms in total. The van der Waals surface area contributed by atoms with Gasteiger partial charge in [-0.25, -0.2) is 0 Å². The fourth-order valence-corrected chi connectivity index (χ4v) is 4.27. The van der Waals surface area contributed by atoms with Crippen molar-refractivity contribution in [2.24, 2.45) is 0 Å². The van der Waals surface area contributed by atoms with E-state index in [1.807, 2.05) is 0 Å². The van der Waals surface area contributed by atoms with Crippen LogP contribution in [0.5, 0.6) is 0 Å². The summed E-state index contributed by atoms with van der Waals surface area (Å²) in [6, 6.07) is 22.5. The van der Waals surface area contributed by atoms with Gasteiger partial charge in [0.25, 0.3) is 11.8 Å². The Morgan fingerprint density at radius 1 is 0.649 bits per heavy atom. The maximum absolute atomic E-state index is 13.8. The summed E-state index contributed by atoms with van der Waals surface area (Å²) in [6.45, 7) is 0. The van der Waals surface area contributed by atoms with E-state index in [9.17, 15) is 22.8 Å². The van der Waals surface area contributed by atoms with Crippen LogP contribution < -0.4 is 22.1 Å². The summed E-state index contributed by atoms with van der Waals surface area (Å²) in [5.41, 5.74) is 12.5. The Labute approximate surface area is 214 Å². The van der Waals surface area contributed by atoms with Gasteiger partial charge in [0.15, 0.2) is 0 Å². The van der Waals surface area contributed by atoms with Gasteiger partial charge in [-0.15, -0.1) is 0 Å². The first-order chi connectivity index (χ1) is 17.6. The molecule has 0 unspecified atom stereocenters. The number of alkyl halides is 3. The van der Waals surface area contributed by atoms with Crippen molar-refractivity contribution >= 4 is 46.3 Å². The Bertz CT molecular complexity index is 1420. The van der Waals surface area contributed by atoms with E-state index in [0.717, 1.165) is 17.8 Å². The minimum Gasteiger partial charge on any atom is -0.399 e. The molecule has 10 heteroatoms. The average Bonchev–Trinajstić information content (AvgIpc) is 2.86. The molecule has 4 rings (SSSR count). The summed E-state index contributed by atoms with van der Waals surface area (Å²) in [7, 11) is 0. The highest BCUT2D eigenvalue weighted by molar-refractivity contribution is 7.99. The Hall–Kier alpha value is -4.44. The predicted molar refractivity (Wildman–Crippen MR) is 140 cm³/mol. The standard InChI is InChI=1S/C27H21F3N4O2S/c28-27(29,30)23-15-21(34-26(36)17-3-7-19(32)8-4-17)11-14-24(23)37-22-12-9-20(10-13-22)33-25(35)16-1-5-18(31)6-2-16/h1-15H,31-32H2,(H,33,35)(H,34,36). The predicted octanol–water partition coefficient (Wildman–Crippen LogP) is 6.53. The summed E-state index contributed by atoms with van der Waals surface area (Å²) in [5.74, 6) is -0.887. The third-order valence-electron chi connectivity index (χ3n) is 5.23. The number of nitrogen functional groups attached to an aromatic ring is 2. The van der Waals surface area contributed by atoms with Gasteiger partial charge >= 0.3 is 6.18 Å². The molecule has 0 saturated heterocycles. The lowest BCUT2D eigenvalue weighted by Gasteiger charge is -2.15. The van der Waals surface area contributed by atoms with E-state index in [-0.39, 0.29) is 22.1 Å². The first-order valence-corrected chi connectivity index (χ1v) is 11.7. The Balaban J connectivity index is 1.48. The van der Waals surface area contributed by atoms with Crippen molar-refractivity contribution in [1.29, 1.82) is 0 Å². The Kier molecular flexibility index (Phi) is 7.40. The van der Waals surface area contributed by atoms with E-state index in [0.29, 0.717) is 27.5 Å². The van der Waals surface area contributed by atoms with Crippen molar-refractivity contribution in [2.75, 3.05) is 22.1 Å². The number of hydrogen-bond acceptors (Lipinski definition) is 5. The smallest absolute Gasteiger partial charge is 0.399 e. The first-order valence-electron chi connectivity index (χ1n) is 10.9. The second kappa shape index (κ2) is 10.7. The molecule has 0 bridgehead atoms. The van der Waals surface area contributed by atoms with Crippen molar-refractivity contribution in [3.05, 3.63) is 108 Å². The molecule has 0 radical (unpaired) electrons. The number of halogens is 3. The first kappa shape index (κ1) is 25.6. The van der Waals surface area contributed by atoms with Gasteiger partial charge < -0.3 is 22.1 Å². The molecule has 4 aromatic carbocycles. The summed E-state index contributed by atoms with van der Waals surface area (Å²) < 4.78 is 41.5. The minimum atomic E-state index is -4.64. The van der Waals surface area contributed by atoms with Crippen LogP contribution in [0, 0.1) is 0 Å². The molecular weight excluding hydrogens is 501 g/mol. The molecule has 0 saturated carbocycles. The summed E-state index contributed by atoms with van der Waals surface area (Å²) in [5, 5.41) is 5.22. The van der Waals surface area contributed by atoms with Crippen molar-refractivity contribution < 1.29 is 22.8 Å². The fraction of sp³-hybridized carbons (Fsp3) is 0.0370. The third kappa shape index (κ3) is 6.62. The Morgan fingerprint density at radius 2 is 1.11 bits per heavy atom. The molecule has 0 fully saturated rings. The maximum atomic E-state index is 13.8. The molecule has 0 aromatic heterocycles. The lowest BCUT2D eigenvalue weighted by atomic mass is 10.1. The van der Waals surface area contributed by atoms with Crippen molar-refractivity contribution in [2.45, 2.75) is 16.0 Å². The van der Waals surface area contributed by atoms with Crippen LogP contribution in [0.3, 0.4) is 0 Å². The molecule has 0 aliphatic rings. The maximum Gasteiger partial charge on any atom is 0.417 e. The molecular formula is C27H21F3N4O2S. The number of benzene rings is 4. The second-order valence-electron chi connectivity index (χ2n) is 7.99. The Morgan fingerprint density at radius 3 is 1.59 bits per heavy atom. The van der Waals surface area contributed by atoms with Crippen molar-refractivity contribution in [1.82, 2.24) is 0 Å². The lowest BCUT2D eigenvalue weighted by molar-refractivity contribution is -0.139. The zero-order valence-electron chi connectivity index (χ0n) is 19.2. The van der Waals surface area contributed by atoms with E-state index < -0.39 is 17.6 Å². The SMILES string of the molecule is Nc1ccc(C(=O)Nc2ccc(Sc3ccc(NC(=O)c4ccc(N)cc4)cc3C(F)(F)F)cc2)cc1. The lowest BCUT2D eigenvalue weighted by Crippen LogP contribution is -2.14. The molecule has 0 atom stereocenters. The van der Waals surface area contributed by atoms with E-state index in [2.05, 4.69) is 10.6 Å². The van der Waals surface area contributed by atoms with Gasteiger partial charge in [-0.2, -0.15) is 13.2 Å². The van der Waals surface area contributed by atoms with Crippen molar-refractivity contribution in [3.8, 4) is 0 Å². The van der Waals surface area contributed by atoms with Gasteiger partial charge in [-0.3, -0.25) is 9.59 Å². The van der Waals surface area contributed by atoms with Gasteiger partial charge in [0, 0.05) is 43.7 Å². The third-order valence-corrected chi connectivity index (χ3v) is 6.31. The van der Waals surface area contributed by atoms with Gasteiger partial charge in [0.2, 0.25) is 0 Å². The summed E-state index contributed by atoms with van der Waals surface area (Å²) in [4.78, 5) is 25.3. The van der Waals surface area contributed by atoms with Crippen LogP contribution >= 0.6 is 11.8 Å². The number of nitrogens with one attached hydrogen (secondary N) is 2. The molecule has 0 spiro atoms.